The number of ether oxygens (including phenoxy) is 2. The van der Waals surface area contributed by atoms with E-state index in [2.05, 4.69) is 4.90 Å². The molecular formula is C32H35N3O3. The van der Waals surface area contributed by atoms with Crippen LogP contribution in [-0.2, 0) is 0 Å². The van der Waals surface area contributed by atoms with Crippen molar-refractivity contribution in [2.75, 3.05) is 26.2 Å². The van der Waals surface area contributed by atoms with Crippen molar-refractivity contribution >= 4 is 0 Å². The molecule has 0 radical (unpaired) electrons. The molecule has 1 aliphatic carbocycles. The number of imidazole rings is 1. The van der Waals surface area contributed by atoms with E-state index >= 15 is 0 Å². The summed E-state index contributed by atoms with van der Waals surface area (Å²) in [5, 5.41) is 0. The zero-order valence-electron chi connectivity index (χ0n) is 21.7. The fraction of sp³-hybridized carbons (Fsp3) is 0.344. The molecule has 1 saturated carbocycles. The van der Waals surface area contributed by atoms with E-state index in [0.717, 1.165) is 47.0 Å². The van der Waals surface area contributed by atoms with Crippen molar-refractivity contribution in [3.05, 3.63) is 102 Å². The van der Waals surface area contributed by atoms with Crippen molar-refractivity contribution in [2.45, 2.75) is 32.1 Å². The smallest absolute Gasteiger partial charge is 0.337 e. The minimum atomic E-state index is -0.124. The Morgan fingerprint density at radius 3 is 1.97 bits per heavy atom. The van der Waals surface area contributed by atoms with Gasteiger partial charge in [0.05, 0.1) is 11.4 Å². The highest BCUT2D eigenvalue weighted by Gasteiger charge is 2.30. The SMILES string of the molecule is O=c1n(-c2ccc(OCCN3CC[C@H]4CCCC[C@@H]4C3)cc2)ccn1-c1ccc(Oc2ccccc2)cc1. The van der Waals surface area contributed by atoms with Crippen LogP contribution in [0.2, 0.25) is 0 Å². The van der Waals surface area contributed by atoms with E-state index in [9.17, 15) is 4.79 Å². The first-order valence-corrected chi connectivity index (χ1v) is 13.8. The summed E-state index contributed by atoms with van der Waals surface area (Å²) < 4.78 is 15.2. The Kier molecular flexibility index (Phi) is 7.31. The van der Waals surface area contributed by atoms with E-state index in [1.54, 1.807) is 21.5 Å². The Morgan fingerprint density at radius 2 is 1.29 bits per heavy atom. The molecule has 2 atom stereocenters. The lowest BCUT2D eigenvalue weighted by atomic mass is 9.75. The average Bonchev–Trinajstić information content (AvgIpc) is 3.35. The maximum absolute atomic E-state index is 13.1. The molecule has 1 saturated heterocycles. The summed E-state index contributed by atoms with van der Waals surface area (Å²) in [5.74, 6) is 4.19. The van der Waals surface area contributed by atoms with Gasteiger partial charge in [-0.1, -0.05) is 37.5 Å². The summed E-state index contributed by atoms with van der Waals surface area (Å²) in [7, 11) is 0. The first-order valence-electron chi connectivity index (χ1n) is 13.8. The van der Waals surface area contributed by atoms with Crippen LogP contribution < -0.4 is 15.2 Å². The van der Waals surface area contributed by atoms with Gasteiger partial charge in [0.1, 0.15) is 23.9 Å². The van der Waals surface area contributed by atoms with Crippen LogP contribution in [0.5, 0.6) is 17.2 Å². The number of hydrogen-bond donors (Lipinski definition) is 0. The molecular weight excluding hydrogens is 474 g/mol. The van der Waals surface area contributed by atoms with Gasteiger partial charge in [0.15, 0.2) is 0 Å². The van der Waals surface area contributed by atoms with Gasteiger partial charge in [0.2, 0.25) is 0 Å². The maximum Gasteiger partial charge on any atom is 0.337 e. The van der Waals surface area contributed by atoms with Crippen molar-refractivity contribution in [2.24, 2.45) is 11.8 Å². The molecule has 0 spiro atoms. The van der Waals surface area contributed by atoms with Gasteiger partial charge in [0.25, 0.3) is 0 Å². The quantitative estimate of drug-likeness (QED) is 0.279. The van der Waals surface area contributed by atoms with Crippen LogP contribution in [0.1, 0.15) is 32.1 Å². The summed E-state index contributed by atoms with van der Waals surface area (Å²) in [6.45, 7) is 4.10. The van der Waals surface area contributed by atoms with Gasteiger partial charge < -0.3 is 9.47 Å². The van der Waals surface area contributed by atoms with Crippen LogP contribution in [0.3, 0.4) is 0 Å². The second-order valence-corrected chi connectivity index (χ2v) is 10.5. The number of likely N-dealkylation sites (tertiary alicyclic amines) is 1. The fourth-order valence-corrected chi connectivity index (χ4v) is 5.94. The van der Waals surface area contributed by atoms with Gasteiger partial charge >= 0.3 is 5.69 Å². The highest BCUT2D eigenvalue weighted by Crippen LogP contribution is 2.35. The summed E-state index contributed by atoms with van der Waals surface area (Å²) in [4.78, 5) is 15.7. The van der Waals surface area contributed by atoms with E-state index in [1.807, 2.05) is 78.9 Å². The molecule has 1 aromatic heterocycles. The molecule has 3 aromatic carbocycles. The molecule has 2 fully saturated rings. The molecule has 0 N–H and O–H groups in total. The lowest BCUT2D eigenvalue weighted by molar-refractivity contribution is 0.0766. The number of nitrogens with zero attached hydrogens (tertiary/aromatic N) is 3. The summed E-state index contributed by atoms with van der Waals surface area (Å²) in [5.41, 5.74) is 1.47. The zero-order valence-corrected chi connectivity index (χ0v) is 21.7. The number of benzene rings is 3. The molecule has 2 aliphatic rings. The number of piperidine rings is 1. The highest BCUT2D eigenvalue weighted by molar-refractivity contribution is 5.41. The second-order valence-electron chi connectivity index (χ2n) is 10.5. The molecule has 0 amide bonds. The number of para-hydroxylation sites is 1. The normalized spacial score (nSPS) is 19.6. The van der Waals surface area contributed by atoms with Crippen molar-refractivity contribution in [1.82, 2.24) is 14.0 Å². The molecule has 4 aromatic rings. The summed E-state index contributed by atoms with van der Waals surface area (Å²) in [6, 6.07) is 24.9. The maximum atomic E-state index is 13.1. The van der Waals surface area contributed by atoms with Gasteiger partial charge in [0, 0.05) is 25.5 Å². The zero-order chi connectivity index (χ0) is 25.7. The molecule has 0 bridgehead atoms. The Labute approximate surface area is 224 Å². The monoisotopic (exact) mass is 509 g/mol. The van der Waals surface area contributed by atoms with Crippen molar-refractivity contribution < 1.29 is 9.47 Å². The number of aromatic nitrogens is 2. The van der Waals surface area contributed by atoms with Crippen LogP contribution in [-0.4, -0.2) is 40.3 Å². The molecule has 196 valence electrons. The van der Waals surface area contributed by atoms with E-state index in [-0.39, 0.29) is 5.69 Å². The minimum Gasteiger partial charge on any atom is -0.492 e. The van der Waals surface area contributed by atoms with Crippen LogP contribution in [0.15, 0.2) is 96.1 Å². The molecule has 6 rings (SSSR count). The van der Waals surface area contributed by atoms with E-state index in [4.69, 9.17) is 9.47 Å². The first kappa shape index (κ1) is 24.6. The van der Waals surface area contributed by atoms with E-state index in [0.29, 0.717) is 6.61 Å². The van der Waals surface area contributed by atoms with Crippen LogP contribution in [0.4, 0.5) is 0 Å². The molecule has 38 heavy (non-hydrogen) atoms. The molecule has 6 nitrogen and oxygen atoms in total. The molecule has 6 heteroatoms. The second kappa shape index (κ2) is 11.3. The fourth-order valence-electron chi connectivity index (χ4n) is 5.94. The van der Waals surface area contributed by atoms with Crippen molar-refractivity contribution in [1.29, 1.82) is 0 Å². The number of fused-ring (bicyclic) bond motifs is 1. The van der Waals surface area contributed by atoms with E-state index < -0.39 is 0 Å². The van der Waals surface area contributed by atoms with Gasteiger partial charge in [-0.05, 0) is 91.9 Å². The Bertz CT molecular complexity index is 1380. The van der Waals surface area contributed by atoms with Crippen LogP contribution in [0.25, 0.3) is 11.4 Å². The Hall–Kier alpha value is -3.77. The third-order valence-corrected chi connectivity index (χ3v) is 8.04. The van der Waals surface area contributed by atoms with Crippen molar-refractivity contribution in [3.63, 3.8) is 0 Å². The lowest BCUT2D eigenvalue weighted by Crippen LogP contribution is -2.43. The average molecular weight is 510 g/mol. The predicted molar refractivity (Wildman–Crippen MR) is 150 cm³/mol. The first-order chi connectivity index (χ1) is 18.7. The number of hydrogen-bond acceptors (Lipinski definition) is 4. The van der Waals surface area contributed by atoms with Gasteiger partial charge in [-0.15, -0.1) is 0 Å². The third kappa shape index (κ3) is 5.55. The molecule has 2 heterocycles. The van der Waals surface area contributed by atoms with Gasteiger partial charge in [-0.25, -0.2) is 4.79 Å². The minimum absolute atomic E-state index is 0.124. The van der Waals surface area contributed by atoms with Crippen LogP contribution >= 0.6 is 0 Å². The third-order valence-electron chi connectivity index (χ3n) is 8.04. The molecule has 0 unspecified atom stereocenters. The predicted octanol–water partition coefficient (Wildman–Crippen LogP) is 6.31. The largest absolute Gasteiger partial charge is 0.492 e. The summed E-state index contributed by atoms with van der Waals surface area (Å²) >= 11 is 0. The van der Waals surface area contributed by atoms with E-state index in [1.165, 1.54) is 45.2 Å². The highest BCUT2D eigenvalue weighted by atomic mass is 16.5. The van der Waals surface area contributed by atoms with Crippen molar-refractivity contribution in [3.8, 4) is 28.6 Å². The Morgan fingerprint density at radius 1 is 0.684 bits per heavy atom. The summed E-state index contributed by atoms with van der Waals surface area (Å²) in [6.07, 6.45) is 10.6. The molecule has 1 aliphatic heterocycles. The topological polar surface area (TPSA) is 48.6 Å². The van der Waals surface area contributed by atoms with Gasteiger partial charge in [-0.2, -0.15) is 0 Å². The van der Waals surface area contributed by atoms with Crippen LogP contribution in [0, 0.1) is 11.8 Å². The Balaban J connectivity index is 1.04. The number of rotatable bonds is 8. The van der Waals surface area contributed by atoms with Gasteiger partial charge in [-0.3, -0.25) is 14.0 Å². The standard InChI is InChI=1S/C32H35N3O3/c36-32-34(20-21-35(32)28-12-16-31(17-13-28)38-30-8-2-1-3-9-30)27-10-14-29(15-11-27)37-23-22-33-19-18-25-6-4-5-7-26(25)24-33/h1-3,8-17,20-21,25-26H,4-7,18-19,22-24H2/t25-,26-/m1/s1. The lowest BCUT2D eigenvalue weighted by Gasteiger charge is -2.41.